The highest BCUT2D eigenvalue weighted by Crippen LogP contribution is 2.14. The van der Waals surface area contributed by atoms with Crippen molar-refractivity contribution in [2.75, 3.05) is 5.32 Å². The summed E-state index contributed by atoms with van der Waals surface area (Å²) < 4.78 is 15.4. The normalized spacial score (nSPS) is 10.9. The maximum absolute atomic E-state index is 13.2. The minimum atomic E-state index is -0.658. The van der Waals surface area contributed by atoms with Gasteiger partial charge < -0.3 is 10.6 Å². The molecule has 10 heteroatoms. The molecule has 190 valence electrons. The molecule has 4 aromatic rings. The van der Waals surface area contributed by atoms with Crippen LogP contribution in [0.5, 0.6) is 0 Å². The van der Waals surface area contributed by atoms with Gasteiger partial charge >= 0.3 is 5.69 Å². The molecule has 8 nitrogen and oxygen atoms in total. The molecular formula is C27H24ClFN4O4. The molecule has 0 atom stereocenters. The van der Waals surface area contributed by atoms with E-state index in [1.54, 1.807) is 36.4 Å². The van der Waals surface area contributed by atoms with E-state index in [4.69, 9.17) is 11.6 Å². The summed E-state index contributed by atoms with van der Waals surface area (Å²) >= 11 is 6.11. The molecule has 2 N–H and O–H groups in total. The van der Waals surface area contributed by atoms with Crippen molar-refractivity contribution in [2.24, 2.45) is 0 Å². The van der Waals surface area contributed by atoms with Crippen LogP contribution in [-0.2, 0) is 29.2 Å². The smallest absolute Gasteiger partial charge is 0.331 e. The first kappa shape index (κ1) is 25.8. The van der Waals surface area contributed by atoms with Crippen molar-refractivity contribution in [3.63, 3.8) is 0 Å². The second-order valence-corrected chi connectivity index (χ2v) is 8.78. The van der Waals surface area contributed by atoms with Gasteiger partial charge in [0.2, 0.25) is 11.8 Å². The van der Waals surface area contributed by atoms with Crippen LogP contribution >= 0.6 is 11.6 Å². The van der Waals surface area contributed by atoms with Gasteiger partial charge in [0.15, 0.2) is 0 Å². The Balaban J connectivity index is 1.48. The predicted molar refractivity (Wildman–Crippen MR) is 140 cm³/mol. The number of anilines is 1. The van der Waals surface area contributed by atoms with Gasteiger partial charge in [0.1, 0.15) is 12.4 Å². The highest BCUT2D eigenvalue weighted by atomic mass is 35.5. The average Bonchev–Trinajstić information content (AvgIpc) is 2.89. The first-order valence-corrected chi connectivity index (χ1v) is 12.0. The number of rotatable bonds is 9. The molecule has 1 heterocycles. The summed E-state index contributed by atoms with van der Waals surface area (Å²) in [6, 6.07) is 18.9. The largest absolute Gasteiger partial charge is 0.352 e. The number of carbonyl (C=O) groups excluding carboxylic acids is 2. The summed E-state index contributed by atoms with van der Waals surface area (Å²) in [4.78, 5) is 51.2. The topological polar surface area (TPSA) is 102 Å². The summed E-state index contributed by atoms with van der Waals surface area (Å²) in [7, 11) is 0. The molecule has 0 aliphatic rings. The zero-order chi connectivity index (χ0) is 26.4. The van der Waals surface area contributed by atoms with E-state index in [1.807, 2.05) is 12.1 Å². The van der Waals surface area contributed by atoms with Gasteiger partial charge in [0, 0.05) is 30.2 Å². The van der Waals surface area contributed by atoms with Crippen LogP contribution in [0.3, 0.4) is 0 Å². The second kappa shape index (κ2) is 11.7. The van der Waals surface area contributed by atoms with Crippen LogP contribution in [0.4, 0.5) is 10.1 Å². The average molecular weight is 523 g/mol. The number of aromatic nitrogens is 2. The summed E-state index contributed by atoms with van der Waals surface area (Å²) in [5, 5.41) is 6.22. The Hall–Kier alpha value is -4.24. The molecule has 0 radical (unpaired) electrons. The summed E-state index contributed by atoms with van der Waals surface area (Å²) in [6.45, 7) is -0.0820. The number of benzene rings is 3. The fourth-order valence-corrected chi connectivity index (χ4v) is 4.12. The van der Waals surface area contributed by atoms with Crippen LogP contribution in [-0.4, -0.2) is 20.9 Å². The first-order valence-electron chi connectivity index (χ1n) is 11.6. The molecular weight excluding hydrogens is 499 g/mol. The molecule has 0 fully saturated rings. The molecule has 3 aromatic carbocycles. The van der Waals surface area contributed by atoms with E-state index in [0.717, 1.165) is 10.1 Å². The monoisotopic (exact) mass is 522 g/mol. The van der Waals surface area contributed by atoms with Gasteiger partial charge in [-0.05, 0) is 54.4 Å². The van der Waals surface area contributed by atoms with Gasteiger partial charge in [-0.2, -0.15) is 0 Å². The Kier molecular flexibility index (Phi) is 8.15. The molecule has 0 spiro atoms. The lowest BCUT2D eigenvalue weighted by molar-refractivity contribution is -0.121. The number of carbonyl (C=O) groups is 2. The van der Waals surface area contributed by atoms with Gasteiger partial charge in [-0.1, -0.05) is 41.9 Å². The molecule has 0 saturated carbocycles. The Morgan fingerprint density at radius 1 is 0.865 bits per heavy atom. The van der Waals surface area contributed by atoms with E-state index in [1.165, 1.54) is 28.8 Å². The predicted octanol–water partition coefficient (Wildman–Crippen LogP) is 3.69. The Labute approximate surface area is 216 Å². The van der Waals surface area contributed by atoms with E-state index in [9.17, 15) is 23.6 Å². The first-order chi connectivity index (χ1) is 17.8. The van der Waals surface area contributed by atoms with Gasteiger partial charge in [-0.3, -0.25) is 23.5 Å². The van der Waals surface area contributed by atoms with Crippen molar-refractivity contribution in [2.45, 2.75) is 32.5 Å². The third-order valence-electron chi connectivity index (χ3n) is 5.78. The maximum Gasteiger partial charge on any atom is 0.331 e. The molecule has 0 aliphatic carbocycles. The van der Waals surface area contributed by atoms with Crippen molar-refractivity contribution < 1.29 is 14.0 Å². The van der Waals surface area contributed by atoms with Crippen LogP contribution < -0.4 is 21.9 Å². The number of halogens is 2. The minimum absolute atomic E-state index is 0.00158. The lowest BCUT2D eigenvalue weighted by Gasteiger charge is -2.14. The highest BCUT2D eigenvalue weighted by Gasteiger charge is 2.16. The maximum atomic E-state index is 13.2. The highest BCUT2D eigenvalue weighted by molar-refractivity contribution is 6.31. The zero-order valence-electron chi connectivity index (χ0n) is 19.7. The van der Waals surface area contributed by atoms with Crippen molar-refractivity contribution in [3.05, 3.63) is 110 Å². The molecule has 0 bridgehead atoms. The van der Waals surface area contributed by atoms with Crippen LogP contribution in [0, 0.1) is 5.82 Å². The number of fused-ring (bicyclic) bond motifs is 1. The van der Waals surface area contributed by atoms with E-state index in [0.29, 0.717) is 16.2 Å². The summed E-state index contributed by atoms with van der Waals surface area (Å²) in [5.74, 6) is -1.19. The number of amides is 2. The fourth-order valence-electron chi connectivity index (χ4n) is 3.92. The fraction of sp³-hybridized carbons (Fsp3) is 0.185. The molecule has 1 aromatic heterocycles. The van der Waals surface area contributed by atoms with Crippen molar-refractivity contribution in [1.82, 2.24) is 14.5 Å². The lowest BCUT2D eigenvalue weighted by Crippen LogP contribution is -2.42. The van der Waals surface area contributed by atoms with Gasteiger partial charge in [-0.25, -0.2) is 9.18 Å². The Morgan fingerprint density at radius 2 is 1.57 bits per heavy atom. The van der Waals surface area contributed by atoms with E-state index in [-0.39, 0.29) is 43.8 Å². The van der Waals surface area contributed by atoms with Crippen molar-refractivity contribution in [1.29, 1.82) is 0 Å². The number of para-hydroxylation sites is 1. The van der Waals surface area contributed by atoms with E-state index in [2.05, 4.69) is 10.6 Å². The standard InChI is InChI=1S/C27H24ClFN4O4/c28-22-8-3-1-6-18(22)16-30-24(34)10-5-15-32-26(36)21-7-2-4-9-23(21)33(27(32)37)17-25(35)31-20-13-11-19(29)12-14-20/h1-4,6-9,11-14H,5,10,15-17H2,(H,30,34)(H,31,35). The van der Waals surface area contributed by atoms with Crippen LogP contribution in [0.15, 0.2) is 82.4 Å². The Bertz CT molecular complexity index is 1560. The Morgan fingerprint density at radius 3 is 2.32 bits per heavy atom. The summed E-state index contributed by atoms with van der Waals surface area (Å²) in [6.07, 6.45) is 0.331. The number of nitrogens with zero attached hydrogens (tertiary/aromatic N) is 2. The summed E-state index contributed by atoms with van der Waals surface area (Å²) in [5.41, 5.74) is 0.326. The van der Waals surface area contributed by atoms with Gasteiger partial charge in [0.25, 0.3) is 5.56 Å². The SMILES string of the molecule is O=C(CCCn1c(=O)c2ccccc2n(CC(=O)Nc2ccc(F)cc2)c1=O)NCc1ccccc1Cl. The number of hydrogen-bond donors (Lipinski definition) is 2. The van der Waals surface area contributed by atoms with Crippen LogP contribution in [0.1, 0.15) is 18.4 Å². The number of hydrogen-bond acceptors (Lipinski definition) is 4. The minimum Gasteiger partial charge on any atom is -0.352 e. The lowest BCUT2D eigenvalue weighted by atomic mass is 10.2. The van der Waals surface area contributed by atoms with E-state index >= 15 is 0 Å². The molecule has 0 unspecified atom stereocenters. The van der Waals surface area contributed by atoms with Gasteiger partial charge in [-0.15, -0.1) is 0 Å². The van der Waals surface area contributed by atoms with Crippen molar-refractivity contribution >= 4 is 40.0 Å². The van der Waals surface area contributed by atoms with Crippen LogP contribution in [0.2, 0.25) is 5.02 Å². The van der Waals surface area contributed by atoms with Crippen LogP contribution in [0.25, 0.3) is 10.9 Å². The number of nitrogens with one attached hydrogen (secondary N) is 2. The third-order valence-corrected chi connectivity index (χ3v) is 6.15. The third kappa shape index (κ3) is 6.31. The molecule has 2 amide bonds. The molecule has 0 aliphatic heterocycles. The van der Waals surface area contributed by atoms with Crippen molar-refractivity contribution in [3.8, 4) is 0 Å². The quantitative estimate of drug-likeness (QED) is 0.350. The zero-order valence-corrected chi connectivity index (χ0v) is 20.5. The van der Waals surface area contributed by atoms with Gasteiger partial charge in [0.05, 0.1) is 10.9 Å². The van der Waals surface area contributed by atoms with E-state index < -0.39 is 23.0 Å². The molecule has 37 heavy (non-hydrogen) atoms. The second-order valence-electron chi connectivity index (χ2n) is 8.37. The molecule has 4 rings (SSSR count). The molecule has 0 saturated heterocycles.